The summed E-state index contributed by atoms with van der Waals surface area (Å²) in [5.41, 5.74) is 0. The Morgan fingerprint density at radius 3 is 3.00 bits per heavy atom. The lowest BCUT2D eigenvalue weighted by Gasteiger charge is -2.12. The Balaban J connectivity index is 2.00. The number of thiophene rings is 1. The molecule has 2 N–H and O–H groups in total. The van der Waals surface area contributed by atoms with E-state index in [4.69, 9.17) is 11.6 Å². The van der Waals surface area contributed by atoms with Crippen molar-refractivity contribution in [3.05, 3.63) is 34.4 Å². The van der Waals surface area contributed by atoms with Crippen LogP contribution in [0.2, 0.25) is 5.28 Å². The van der Waals surface area contributed by atoms with E-state index in [1.165, 1.54) is 4.88 Å². The molecule has 0 amide bonds. The van der Waals surface area contributed by atoms with Crippen molar-refractivity contribution < 1.29 is 0 Å². The number of rotatable bonds is 3. The average molecular weight is 294 g/mol. The molecular formula is C12H12ClN5S. The molecule has 19 heavy (non-hydrogen) atoms. The first-order valence-electron chi connectivity index (χ1n) is 5.83. The maximum absolute atomic E-state index is 5.96. The molecule has 3 aromatic heterocycles. The van der Waals surface area contributed by atoms with E-state index in [-0.39, 0.29) is 11.3 Å². The lowest BCUT2D eigenvalue weighted by molar-refractivity contribution is 0.805. The molecule has 3 heterocycles. The van der Waals surface area contributed by atoms with Crippen molar-refractivity contribution in [2.75, 3.05) is 5.32 Å². The molecule has 0 fully saturated rings. The number of anilines is 1. The SMILES string of the molecule is Cc1cc2c(NC(C)c3ncc[nH]3)nc(Cl)nc2s1. The summed E-state index contributed by atoms with van der Waals surface area (Å²) in [6.45, 7) is 4.06. The van der Waals surface area contributed by atoms with Gasteiger partial charge in [0.05, 0.1) is 11.4 Å². The van der Waals surface area contributed by atoms with Crippen LogP contribution in [0.4, 0.5) is 5.82 Å². The third-order valence-corrected chi connectivity index (χ3v) is 3.88. The fourth-order valence-electron chi connectivity index (χ4n) is 1.91. The fourth-order valence-corrected chi connectivity index (χ4v) is 3.01. The molecule has 0 spiro atoms. The van der Waals surface area contributed by atoms with Crippen LogP contribution in [-0.4, -0.2) is 19.9 Å². The smallest absolute Gasteiger partial charge is 0.225 e. The molecule has 0 aliphatic heterocycles. The summed E-state index contributed by atoms with van der Waals surface area (Å²) in [6.07, 6.45) is 3.52. The molecule has 3 aromatic rings. The minimum atomic E-state index is 0.0179. The Morgan fingerprint density at radius 2 is 2.26 bits per heavy atom. The Hall–Kier alpha value is -1.66. The van der Waals surface area contributed by atoms with Crippen LogP contribution >= 0.6 is 22.9 Å². The summed E-state index contributed by atoms with van der Waals surface area (Å²) < 4.78 is 0. The van der Waals surface area contributed by atoms with Crippen LogP contribution < -0.4 is 5.32 Å². The highest BCUT2D eigenvalue weighted by Crippen LogP contribution is 2.31. The van der Waals surface area contributed by atoms with Crippen LogP contribution in [0.3, 0.4) is 0 Å². The molecule has 0 saturated carbocycles. The average Bonchev–Trinajstić information content (AvgIpc) is 2.96. The van der Waals surface area contributed by atoms with Crippen molar-refractivity contribution in [1.29, 1.82) is 0 Å². The van der Waals surface area contributed by atoms with Gasteiger partial charge in [-0.1, -0.05) is 0 Å². The van der Waals surface area contributed by atoms with Crippen LogP contribution in [0.25, 0.3) is 10.2 Å². The minimum Gasteiger partial charge on any atom is -0.360 e. The lowest BCUT2D eigenvalue weighted by atomic mass is 10.3. The Morgan fingerprint density at radius 1 is 1.42 bits per heavy atom. The molecular weight excluding hydrogens is 282 g/mol. The lowest BCUT2D eigenvalue weighted by Crippen LogP contribution is -2.10. The summed E-state index contributed by atoms with van der Waals surface area (Å²) in [7, 11) is 0. The number of hydrogen-bond acceptors (Lipinski definition) is 5. The van der Waals surface area contributed by atoms with Crippen molar-refractivity contribution >= 4 is 39.0 Å². The number of fused-ring (bicyclic) bond motifs is 1. The summed E-state index contributed by atoms with van der Waals surface area (Å²) in [5.74, 6) is 1.60. The van der Waals surface area contributed by atoms with E-state index in [0.717, 1.165) is 21.9 Å². The van der Waals surface area contributed by atoms with E-state index in [2.05, 4.69) is 31.3 Å². The van der Waals surface area contributed by atoms with Gasteiger partial charge in [-0.3, -0.25) is 0 Å². The van der Waals surface area contributed by atoms with Gasteiger partial charge in [-0.05, 0) is 31.5 Å². The van der Waals surface area contributed by atoms with Gasteiger partial charge < -0.3 is 10.3 Å². The summed E-state index contributed by atoms with van der Waals surface area (Å²) in [5, 5.41) is 4.56. The van der Waals surface area contributed by atoms with Crippen molar-refractivity contribution in [3.63, 3.8) is 0 Å². The number of halogens is 1. The van der Waals surface area contributed by atoms with Crippen molar-refractivity contribution in [2.45, 2.75) is 19.9 Å². The second kappa shape index (κ2) is 4.79. The standard InChI is InChI=1S/C12H12ClN5S/c1-6-5-8-10(17-12(13)18-11(8)19-6)16-7(2)9-14-3-4-15-9/h3-5,7H,1-2H3,(H,14,15)(H,16,17,18). The zero-order chi connectivity index (χ0) is 13.4. The van der Waals surface area contributed by atoms with Crippen LogP contribution in [0.1, 0.15) is 23.7 Å². The largest absolute Gasteiger partial charge is 0.360 e. The predicted octanol–water partition coefficient (Wildman–Crippen LogP) is 3.55. The van der Waals surface area contributed by atoms with Crippen molar-refractivity contribution in [1.82, 2.24) is 19.9 Å². The normalized spacial score (nSPS) is 12.8. The number of hydrogen-bond donors (Lipinski definition) is 2. The van der Waals surface area contributed by atoms with Gasteiger partial charge in [0.15, 0.2) is 0 Å². The maximum atomic E-state index is 5.96. The number of nitrogens with zero attached hydrogens (tertiary/aromatic N) is 3. The minimum absolute atomic E-state index is 0.0179. The second-order valence-corrected chi connectivity index (χ2v) is 5.83. The maximum Gasteiger partial charge on any atom is 0.225 e. The van der Waals surface area contributed by atoms with E-state index >= 15 is 0 Å². The highest BCUT2D eigenvalue weighted by atomic mass is 35.5. The predicted molar refractivity (Wildman–Crippen MR) is 77.8 cm³/mol. The number of nitrogens with one attached hydrogen (secondary N) is 2. The molecule has 1 atom stereocenters. The van der Waals surface area contributed by atoms with Gasteiger partial charge in [0.1, 0.15) is 16.5 Å². The van der Waals surface area contributed by atoms with Gasteiger partial charge in [-0.15, -0.1) is 11.3 Å². The highest BCUT2D eigenvalue weighted by Gasteiger charge is 2.13. The zero-order valence-electron chi connectivity index (χ0n) is 10.4. The van der Waals surface area contributed by atoms with Gasteiger partial charge >= 0.3 is 0 Å². The monoisotopic (exact) mass is 293 g/mol. The van der Waals surface area contributed by atoms with E-state index < -0.39 is 0 Å². The third kappa shape index (κ3) is 2.41. The number of H-pyrrole nitrogens is 1. The molecule has 0 saturated heterocycles. The number of aryl methyl sites for hydroxylation is 1. The van der Waals surface area contributed by atoms with E-state index in [1.807, 2.05) is 13.8 Å². The quantitative estimate of drug-likeness (QED) is 0.725. The second-order valence-electron chi connectivity index (χ2n) is 4.26. The van der Waals surface area contributed by atoms with Gasteiger partial charge in [-0.25, -0.2) is 15.0 Å². The molecule has 1 unspecified atom stereocenters. The van der Waals surface area contributed by atoms with Crippen molar-refractivity contribution in [3.8, 4) is 0 Å². The topological polar surface area (TPSA) is 66.5 Å². The molecule has 5 nitrogen and oxygen atoms in total. The molecule has 0 bridgehead atoms. The van der Waals surface area contributed by atoms with Crippen LogP contribution in [0.5, 0.6) is 0 Å². The van der Waals surface area contributed by atoms with Crippen LogP contribution in [0, 0.1) is 6.92 Å². The molecule has 98 valence electrons. The first-order chi connectivity index (χ1) is 9.13. The van der Waals surface area contributed by atoms with E-state index in [9.17, 15) is 0 Å². The van der Waals surface area contributed by atoms with Gasteiger partial charge in [0.25, 0.3) is 0 Å². The molecule has 0 aromatic carbocycles. The first kappa shape index (κ1) is 12.4. The third-order valence-electron chi connectivity index (χ3n) is 2.77. The molecule has 7 heteroatoms. The number of aromatic amines is 1. The summed E-state index contributed by atoms with van der Waals surface area (Å²) in [6, 6.07) is 2.08. The molecule has 0 aliphatic rings. The molecule has 0 radical (unpaired) electrons. The zero-order valence-corrected chi connectivity index (χ0v) is 12.0. The van der Waals surface area contributed by atoms with E-state index in [1.54, 1.807) is 23.7 Å². The van der Waals surface area contributed by atoms with Gasteiger partial charge in [-0.2, -0.15) is 0 Å². The Labute approximate surface area is 119 Å². The van der Waals surface area contributed by atoms with Gasteiger partial charge in [0.2, 0.25) is 5.28 Å². The van der Waals surface area contributed by atoms with Crippen LogP contribution in [0.15, 0.2) is 18.5 Å². The molecule has 3 rings (SSSR count). The number of aromatic nitrogens is 4. The first-order valence-corrected chi connectivity index (χ1v) is 7.02. The Kier molecular flexibility index (Phi) is 3.12. The van der Waals surface area contributed by atoms with Gasteiger partial charge in [0, 0.05) is 17.3 Å². The van der Waals surface area contributed by atoms with Crippen molar-refractivity contribution in [2.24, 2.45) is 0 Å². The number of imidazole rings is 1. The summed E-state index contributed by atoms with van der Waals surface area (Å²) >= 11 is 7.57. The highest BCUT2D eigenvalue weighted by molar-refractivity contribution is 7.18. The fraction of sp³-hybridized carbons (Fsp3) is 0.250. The Bertz CT molecular complexity index is 706. The van der Waals surface area contributed by atoms with E-state index in [0.29, 0.717) is 0 Å². The molecule has 0 aliphatic carbocycles. The van der Waals surface area contributed by atoms with Crippen LogP contribution in [-0.2, 0) is 0 Å². The summed E-state index contributed by atoms with van der Waals surface area (Å²) in [4.78, 5) is 17.9.